The van der Waals surface area contributed by atoms with E-state index in [0.29, 0.717) is 37.6 Å². The molecule has 9 heteroatoms. The van der Waals surface area contributed by atoms with Gasteiger partial charge in [0, 0.05) is 25.2 Å². The van der Waals surface area contributed by atoms with Gasteiger partial charge in [0.15, 0.2) is 0 Å². The zero-order valence-corrected chi connectivity index (χ0v) is 14.5. The van der Waals surface area contributed by atoms with Crippen molar-refractivity contribution >= 4 is 15.8 Å². The second-order valence-corrected chi connectivity index (χ2v) is 7.66. The molecular formula is C16H19FN4O3S. The second kappa shape index (κ2) is 7.32. The van der Waals surface area contributed by atoms with E-state index in [1.807, 2.05) is 0 Å². The SMILES string of the molecule is COc1cc(NC2CCN(S(=O)(=O)c3ccc(F)cc3)CC2)ncn1. The van der Waals surface area contributed by atoms with E-state index in [1.165, 1.54) is 29.9 Å². The summed E-state index contributed by atoms with van der Waals surface area (Å²) in [4.78, 5) is 8.19. The van der Waals surface area contributed by atoms with Crippen LogP contribution in [0.25, 0.3) is 0 Å². The number of anilines is 1. The van der Waals surface area contributed by atoms with Gasteiger partial charge in [-0.25, -0.2) is 22.8 Å². The third-order valence-corrected chi connectivity index (χ3v) is 6.02. The van der Waals surface area contributed by atoms with E-state index >= 15 is 0 Å². The fourth-order valence-corrected chi connectivity index (χ4v) is 4.20. The largest absolute Gasteiger partial charge is 0.481 e. The summed E-state index contributed by atoms with van der Waals surface area (Å²) < 4.78 is 44.7. The highest BCUT2D eigenvalue weighted by Crippen LogP contribution is 2.23. The molecule has 1 saturated heterocycles. The third-order valence-electron chi connectivity index (χ3n) is 4.11. The van der Waals surface area contributed by atoms with Crippen LogP contribution in [0.2, 0.25) is 0 Å². The third kappa shape index (κ3) is 4.05. The monoisotopic (exact) mass is 366 g/mol. The highest BCUT2D eigenvalue weighted by molar-refractivity contribution is 7.89. The van der Waals surface area contributed by atoms with Crippen molar-refractivity contribution in [3.05, 3.63) is 42.5 Å². The summed E-state index contributed by atoms with van der Waals surface area (Å²) in [6, 6.07) is 6.71. The molecule has 3 rings (SSSR count). The fraction of sp³-hybridized carbons (Fsp3) is 0.375. The van der Waals surface area contributed by atoms with Crippen molar-refractivity contribution in [1.29, 1.82) is 0 Å². The molecule has 0 saturated carbocycles. The molecule has 7 nitrogen and oxygen atoms in total. The lowest BCUT2D eigenvalue weighted by atomic mass is 10.1. The molecule has 1 aromatic heterocycles. The number of hydrogen-bond acceptors (Lipinski definition) is 6. The molecule has 0 atom stereocenters. The lowest BCUT2D eigenvalue weighted by Gasteiger charge is -2.31. The molecule has 1 fully saturated rings. The summed E-state index contributed by atoms with van der Waals surface area (Å²) >= 11 is 0. The highest BCUT2D eigenvalue weighted by atomic mass is 32.2. The molecule has 1 aliphatic heterocycles. The minimum Gasteiger partial charge on any atom is -0.481 e. The molecule has 2 heterocycles. The molecule has 25 heavy (non-hydrogen) atoms. The van der Waals surface area contributed by atoms with E-state index < -0.39 is 15.8 Å². The lowest BCUT2D eigenvalue weighted by Crippen LogP contribution is -2.42. The number of nitrogens with one attached hydrogen (secondary N) is 1. The molecule has 0 radical (unpaired) electrons. The molecule has 1 aromatic carbocycles. The van der Waals surface area contributed by atoms with Crippen molar-refractivity contribution < 1.29 is 17.5 Å². The van der Waals surface area contributed by atoms with Crippen molar-refractivity contribution in [1.82, 2.24) is 14.3 Å². The molecular weight excluding hydrogens is 347 g/mol. The summed E-state index contributed by atoms with van der Waals surface area (Å²) in [7, 11) is -2.06. The number of halogens is 1. The number of methoxy groups -OCH3 is 1. The Bertz CT molecular complexity index is 822. The number of hydrogen-bond donors (Lipinski definition) is 1. The van der Waals surface area contributed by atoms with Gasteiger partial charge in [0.05, 0.1) is 12.0 Å². The van der Waals surface area contributed by atoms with Crippen LogP contribution in [-0.2, 0) is 10.0 Å². The first-order valence-corrected chi connectivity index (χ1v) is 9.31. The number of sulfonamides is 1. The van der Waals surface area contributed by atoms with Gasteiger partial charge in [-0.2, -0.15) is 4.31 Å². The van der Waals surface area contributed by atoms with Crippen molar-refractivity contribution in [3.8, 4) is 5.88 Å². The van der Waals surface area contributed by atoms with Crippen molar-refractivity contribution in [2.75, 3.05) is 25.5 Å². The molecule has 0 aliphatic carbocycles. The summed E-state index contributed by atoms with van der Waals surface area (Å²) in [6.07, 6.45) is 2.70. The van der Waals surface area contributed by atoms with Crippen LogP contribution >= 0.6 is 0 Å². The fourth-order valence-electron chi connectivity index (χ4n) is 2.74. The van der Waals surface area contributed by atoms with Crippen LogP contribution in [0.15, 0.2) is 41.6 Å². The number of rotatable bonds is 5. The molecule has 1 N–H and O–H groups in total. The van der Waals surface area contributed by atoms with Crippen LogP contribution in [-0.4, -0.2) is 48.9 Å². The average Bonchev–Trinajstić information content (AvgIpc) is 2.63. The maximum Gasteiger partial charge on any atom is 0.243 e. The number of aromatic nitrogens is 2. The lowest BCUT2D eigenvalue weighted by molar-refractivity contribution is 0.329. The zero-order valence-electron chi connectivity index (χ0n) is 13.7. The summed E-state index contributed by atoms with van der Waals surface area (Å²) in [5.41, 5.74) is 0. The van der Waals surface area contributed by atoms with Gasteiger partial charge in [-0.3, -0.25) is 0 Å². The molecule has 0 spiro atoms. The van der Waals surface area contributed by atoms with E-state index in [-0.39, 0.29) is 10.9 Å². The average molecular weight is 366 g/mol. The number of piperidine rings is 1. The molecule has 0 unspecified atom stereocenters. The van der Waals surface area contributed by atoms with E-state index in [9.17, 15) is 12.8 Å². The highest BCUT2D eigenvalue weighted by Gasteiger charge is 2.29. The standard InChI is InChI=1S/C16H19FN4O3S/c1-24-16-10-15(18-11-19-16)20-13-6-8-21(9-7-13)25(22,23)14-4-2-12(17)3-5-14/h2-5,10-11,13H,6-9H2,1H3,(H,18,19,20). The van der Waals surface area contributed by atoms with Crippen LogP contribution in [0.4, 0.5) is 10.2 Å². The van der Waals surface area contributed by atoms with Gasteiger partial charge < -0.3 is 10.1 Å². The quantitative estimate of drug-likeness (QED) is 0.870. The van der Waals surface area contributed by atoms with E-state index in [0.717, 1.165) is 12.1 Å². The molecule has 0 amide bonds. The summed E-state index contributed by atoms with van der Waals surface area (Å²) in [5, 5.41) is 3.27. The Hall–Kier alpha value is -2.26. The number of nitrogens with zero attached hydrogens (tertiary/aromatic N) is 3. The Kier molecular flexibility index (Phi) is 5.14. The minimum absolute atomic E-state index is 0.110. The minimum atomic E-state index is -3.59. The van der Waals surface area contributed by atoms with Gasteiger partial charge in [0.2, 0.25) is 15.9 Å². The van der Waals surface area contributed by atoms with Gasteiger partial charge in [0.1, 0.15) is 18.0 Å². The molecule has 134 valence electrons. The molecule has 0 bridgehead atoms. The first-order chi connectivity index (χ1) is 12.0. The Morgan fingerprint density at radius 1 is 1.20 bits per heavy atom. The predicted molar refractivity (Wildman–Crippen MR) is 90.4 cm³/mol. The van der Waals surface area contributed by atoms with Crippen LogP contribution in [0.3, 0.4) is 0 Å². The maximum atomic E-state index is 13.0. The number of benzene rings is 1. The predicted octanol–water partition coefficient (Wildman–Crippen LogP) is 1.89. The molecule has 1 aliphatic rings. The van der Waals surface area contributed by atoms with Crippen molar-refractivity contribution in [2.45, 2.75) is 23.8 Å². The van der Waals surface area contributed by atoms with Crippen LogP contribution in [0.1, 0.15) is 12.8 Å². The van der Waals surface area contributed by atoms with Crippen molar-refractivity contribution in [2.24, 2.45) is 0 Å². The van der Waals surface area contributed by atoms with E-state index in [4.69, 9.17) is 4.74 Å². The Labute approximate surface area is 145 Å². The van der Waals surface area contributed by atoms with Crippen LogP contribution in [0.5, 0.6) is 5.88 Å². The summed E-state index contributed by atoms with van der Waals surface area (Å²) in [5.74, 6) is 0.655. The molecule has 2 aromatic rings. The van der Waals surface area contributed by atoms with Crippen LogP contribution in [0, 0.1) is 5.82 Å². The Morgan fingerprint density at radius 2 is 1.88 bits per heavy atom. The Balaban J connectivity index is 1.62. The van der Waals surface area contributed by atoms with Gasteiger partial charge in [-0.05, 0) is 37.1 Å². The van der Waals surface area contributed by atoms with Gasteiger partial charge in [-0.1, -0.05) is 0 Å². The van der Waals surface area contributed by atoms with Crippen molar-refractivity contribution in [3.63, 3.8) is 0 Å². The summed E-state index contributed by atoms with van der Waals surface area (Å²) in [6.45, 7) is 0.777. The van der Waals surface area contributed by atoms with E-state index in [1.54, 1.807) is 6.07 Å². The van der Waals surface area contributed by atoms with Crippen LogP contribution < -0.4 is 10.1 Å². The Morgan fingerprint density at radius 3 is 2.52 bits per heavy atom. The van der Waals surface area contributed by atoms with Gasteiger partial charge >= 0.3 is 0 Å². The zero-order chi connectivity index (χ0) is 17.9. The first kappa shape index (κ1) is 17.6. The number of ether oxygens (including phenoxy) is 1. The van der Waals surface area contributed by atoms with Gasteiger partial charge in [0.25, 0.3) is 0 Å². The normalized spacial score (nSPS) is 16.6. The topological polar surface area (TPSA) is 84.4 Å². The maximum absolute atomic E-state index is 13.0. The van der Waals surface area contributed by atoms with Gasteiger partial charge in [-0.15, -0.1) is 0 Å². The second-order valence-electron chi connectivity index (χ2n) is 5.72. The van der Waals surface area contributed by atoms with E-state index in [2.05, 4.69) is 15.3 Å². The first-order valence-electron chi connectivity index (χ1n) is 7.87. The smallest absolute Gasteiger partial charge is 0.243 e.